The van der Waals surface area contributed by atoms with Gasteiger partial charge in [0, 0.05) is 0 Å². The summed E-state index contributed by atoms with van der Waals surface area (Å²) in [5, 5.41) is -3.76. The number of thiol groups is 1. The summed E-state index contributed by atoms with van der Waals surface area (Å²) in [6, 6.07) is 6.51. The standard InChI is InChI=1S/C10H10F2O3S/c1-14-8-4-2-7(3-5-8)6-15-9(13)10(11,12)16/h2-5,16H,6H2,1H3. The Kier molecular flexibility index (Phi) is 4.12. The smallest absolute Gasteiger partial charge is 0.388 e. The molecule has 0 radical (unpaired) electrons. The maximum absolute atomic E-state index is 12.3. The maximum Gasteiger partial charge on any atom is 0.388 e. The number of ether oxygens (including phenoxy) is 2. The molecule has 0 atom stereocenters. The molecule has 0 fully saturated rings. The van der Waals surface area contributed by atoms with Gasteiger partial charge in [0.05, 0.1) is 7.11 Å². The summed E-state index contributed by atoms with van der Waals surface area (Å²) in [4.78, 5) is 10.7. The van der Waals surface area contributed by atoms with Crippen molar-refractivity contribution in [3.8, 4) is 5.75 Å². The Morgan fingerprint density at radius 2 is 1.94 bits per heavy atom. The van der Waals surface area contributed by atoms with E-state index in [1.54, 1.807) is 24.3 Å². The van der Waals surface area contributed by atoms with Gasteiger partial charge in [0.15, 0.2) is 0 Å². The van der Waals surface area contributed by atoms with Gasteiger partial charge < -0.3 is 9.47 Å². The molecule has 0 saturated heterocycles. The summed E-state index contributed by atoms with van der Waals surface area (Å²) < 4.78 is 33.9. The van der Waals surface area contributed by atoms with Crippen molar-refractivity contribution in [3.05, 3.63) is 29.8 Å². The summed E-state index contributed by atoms with van der Waals surface area (Å²) in [6.07, 6.45) is 0. The van der Waals surface area contributed by atoms with Crippen LogP contribution in [0.5, 0.6) is 5.75 Å². The van der Waals surface area contributed by atoms with E-state index in [1.165, 1.54) is 7.11 Å². The van der Waals surface area contributed by atoms with E-state index in [4.69, 9.17) is 4.74 Å². The number of alkyl halides is 2. The molecule has 16 heavy (non-hydrogen) atoms. The number of rotatable bonds is 4. The summed E-state index contributed by atoms with van der Waals surface area (Å²) in [5.41, 5.74) is 0.590. The molecular formula is C10H10F2O3S. The molecule has 0 aromatic heterocycles. The van der Waals surface area contributed by atoms with Gasteiger partial charge in [-0.2, -0.15) is 8.78 Å². The van der Waals surface area contributed by atoms with Crippen LogP contribution in [0.4, 0.5) is 8.78 Å². The third-order valence-corrected chi connectivity index (χ3v) is 1.96. The lowest BCUT2D eigenvalue weighted by Gasteiger charge is -2.09. The SMILES string of the molecule is COc1ccc(COC(=O)C(F)(F)S)cc1. The van der Waals surface area contributed by atoms with Gasteiger partial charge in [0.2, 0.25) is 0 Å². The van der Waals surface area contributed by atoms with Crippen molar-refractivity contribution in [1.29, 1.82) is 0 Å². The molecule has 3 nitrogen and oxygen atoms in total. The molecule has 0 aliphatic heterocycles. The summed E-state index contributed by atoms with van der Waals surface area (Å²) in [6.45, 7) is -0.223. The van der Waals surface area contributed by atoms with Crippen LogP contribution in [-0.4, -0.2) is 18.3 Å². The van der Waals surface area contributed by atoms with E-state index in [0.717, 1.165) is 0 Å². The quantitative estimate of drug-likeness (QED) is 0.655. The van der Waals surface area contributed by atoms with Crippen molar-refractivity contribution in [2.24, 2.45) is 0 Å². The minimum atomic E-state index is -3.76. The van der Waals surface area contributed by atoms with Crippen LogP contribution in [0.2, 0.25) is 0 Å². The second-order valence-electron chi connectivity index (χ2n) is 2.97. The van der Waals surface area contributed by atoms with Gasteiger partial charge in [-0.25, -0.2) is 4.79 Å². The molecular weight excluding hydrogens is 238 g/mol. The Morgan fingerprint density at radius 3 is 2.38 bits per heavy atom. The van der Waals surface area contributed by atoms with Crippen molar-refractivity contribution in [3.63, 3.8) is 0 Å². The van der Waals surface area contributed by atoms with E-state index in [-0.39, 0.29) is 6.61 Å². The second kappa shape index (κ2) is 5.16. The van der Waals surface area contributed by atoms with Crippen LogP contribution in [0, 0.1) is 0 Å². The zero-order valence-electron chi connectivity index (χ0n) is 8.44. The third kappa shape index (κ3) is 3.69. The van der Waals surface area contributed by atoms with Crippen molar-refractivity contribution >= 4 is 18.6 Å². The Labute approximate surface area is 96.8 Å². The first-order valence-corrected chi connectivity index (χ1v) is 4.78. The number of hydrogen-bond donors (Lipinski definition) is 1. The van der Waals surface area contributed by atoms with Crippen molar-refractivity contribution in [1.82, 2.24) is 0 Å². The van der Waals surface area contributed by atoms with E-state index in [9.17, 15) is 13.6 Å². The molecule has 0 aliphatic carbocycles. The molecule has 0 saturated carbocycles. The first-order chi connectivity index (χ1) is 7.43. The van der Waals surface area contributed by atoms with Crippen LogP contribution in [-0.2, 0) is 16.1 Å². The fraction of sp³-hybridized carbons (Fsp3) is 0.300. The molecule has 88 valence electrons. The lowest BCUT2D eigenvalue weighted by Crippen LogP contribution is -2.24. The molecule has 0 bridgehead atoms. The number of methoxy groups -OCH3 is 1. The van der Waals surface area contributed by atoms with Crippen LogP contribution in [0.1, 0.15) is 5.56 Å². The number of benzene rings is 1. The molecule has 0 N–H and O–H groups in total. The summed E-state index contributed by atoms with van der Waals surface area (Å²) >= 11 is 2.80. The van der Waals surface area contributed by atoms with Gasteiger partial charge in [-0.3, -0.25) is 0 Å². The molecule has 0 amide bonds. The average Bonchev–Trinajstić information content (AvgIpc) is 2.25. The fourth-order valence-electron chi connectivity index (χ4n) is 0.957. The highest BCUT2D eigenvalue weighted by atomic mass is 32.1. The molecule has 6 heteroatoms. The second-order valence-corrected chi connectivity index (χ2v) is 3.53. The van der Waals surface area contributed by atoms with Gasteiger partial charge in [0.25, 0.3) is 0 Å². The maximum atomic E-state index is 12.3. The van der Waals surface area contributed by atoms with Gasteiger partial charge in [-0.05, 0) is 17.7 Å². The normalized spacial score (nSPS) is 11.0. The summed E-state index contributed by atoms with van der Waals surface area (Å²) in [7, 11) is 1.51. The highest BCUT2D eigenvalue weighted by Gasteiger charge is 2.35. The number of halogens is 2. The zero-order valence-corrected chi connectivity index (χ0v) is 9.34. The van der Waals surface area contributed by atoms with E-state index in [0.29, 0.717) is 11.3 Å². The highest BCUT2D eigenvalue weighted by Crippen LogP contribution is 2.20. The Morgan fingerprint density at radius 1 is 1.38 bits per heavy atom. The molecule has 1 rings (SSSR count). The van der Waals surface area contributed by atoms with E-state index in [1.807, 2.05) is 0 Å². The number of hydrogen-bond acceptors (Lipinski definition) is 4. The number of carbonyl (C=O) groups excluding carboxylic acids is 1. The van der Waals surface area contributed by atoms with Gasteiger partial charge in [-0.1, -0.05) is 24.8 Å². The molecule has 1 aromatic carbocycles. The third-order valence-electron chi connectivity index (χ3n) is 1.77. The van der Waals surface area contributed by atoms with Crippen LogP contribution < -0.4 is 4.74 Å². The monoisotopic (exact) mass is 248 g/mol. The van der Waals surface area contributed by atoms with E-state index < -0.39 is 11.2 Å². The minimum absolute atomic E-state index is 0.223. The predicted molar refractivity (Wildman–Crippen MR) is 56.7 cm³/mol. The lowest BCUT2D eigenvalue weighted by molar-refractivity contribution is -0.161. The fourth-order valence-corrected chi connectivity index (χ4v) is 1.02. The topological polar surface area (TPSA) is 35.5 Å². The first kappa shape index (κ1) is 12.8. The molecule has 0 unspecified atom stereocenters. The van der Waals surface area contributed by atoms with E-state index in [2.05, 4.69) is 17.4 Å². The van der Waals surface area contributed by atoms with Crippen molar-refractivity contribution < 1.29 is 23.0 Å². The molecule has 0 spiro atoms. The zero-order chi connectivity index (χ0) is 12.2. The first-order valence-electron chi connectivity index (χ1n) is 4.34. The van der Waals surface area contributed by atoms with Crippen LogP contribution in [0.25, 0.3) is 0 Å². The van der Waals surface area contributed by atoms with Gasteiger partial charge >= 0.3 is 11.2 Å². The Hall–Kier alpha value is -1.30. The van der Waals surface area contributed by atoms with Crippen LogP contribution in [0.15, 0.2) is 24.3 Å². The number of esters is 1. The Balaban J connectivity index is 2.52. The molecule has 0 aliphatic rings. The molecule has 0 heterocycles. The Bertz CT molecular complexity index is 359. The number of carbonyl (C=O) groups is 1. The minimum Gasteiger partial charge on any atom is -0.497 e. The highest BCUT2D eigenvalue weighted by molar-refractivity contribution is 7.82. The lowest BCUT2D eigenvalue weighted by atomic mass is 10.2. The molecule has 1 aromatic rings. The van der Waals surface area contributed by atoms with Crippen molar-refractivity contribution in [2.45, 2.75) is 11.9 Å². The summed E-state index contributed by atoms with van der Waals surface area (Å²) in [5.74, 6) is -1.03. The van der Waals surface area contributed by atoms with E-state index >= 15 is 0 Å². The van der Waals surface area contributed by atoms with Crippen molar-refractivity contribution in [2.75, 3.05) is 7.11 Å². The van der Waals surface area contributed by atoms with Gasteiger partial charge in [-0.15, -0.1) is 0 Å². The predicted octanol–water partition coefficient (Wildman–Crippen LogP) is 2.26. The largest absolute Gasteiger partial charge is 0.497 e. The van der Waals surface area contributed by atoms with Crippen LogP contribution >= 0.6 is 12.6 Å². The average molecular weight is 248 g/mol. The van der Waals surface area contributed by atoms with Gasteiger partial charge in [0.1, 0.15) is 12.4 Å². The van der Waals surface area contributed by atoms with Crippen LogP contribution in [0.3, 0.4) is 0 Å².